The van der Waals surface area contributed by atoms with Gasteiger partial charge in [0.15, 0.2) is 5.69 Å². The third-order valence-corrected chi connectivity index (χ3v) is 3.83. The highest BCUT2D eigenvalue weighted by molar-refractivity contribution is 5.84. The van der Waals surface area contributed by atoms with E-state index >= 15 is 0 Å². The van der Waals surface area contributed by atoms with Crippen LogP contribution < -0.4 is 4.90 Å². The van der Waals surface area contributed by atoms with Crippen LogP contribution in [0.1, 0.15) is 36.2 Å². The van der Waals surface area contributed by atoms with Crippen molar-refractivity contribution in [3.63, 3.8) is 0 Å². The lowest BCUT2D eigenvalue weighted by molar-refractivity contribution is 0.0690. The maximum Gasteiger partial charge on any atom is 0.356 e. The van der Waals surface area contributed by atoms with Crippen LogP contribution in [0.15, 0.2) is 12.4 Å². The molecule has 96 valence electrons. The van der Waals surface area contributed by atoms with Crippen LogP contribution in [0.3, 0.4) is 0 Å². The Kier molecular flexibility index (Phi) is 2.66. The molecule has 3 heterocycles. The topological polar surface area (TPSA) is 86.5 Å². The van der Waals surface area contributed by atoms with Crippen LogP contribution in [-0.2, 0) is 0 Å². The van der Waals surface area contributed by atoms with Gasteiger partial charge in [0.05, 0.1) is 18.5 Å². The number of carboxylic acid groups (broad SMARTS) is 1. The van der Waals surface area contributed by atoms with Crippen LogP contribution in [0.5, 0.6) is 0 Å². The Bertz CT molecular complexity index is 448. The lowest BCUT2D eigenvalue weighted by atomic mass is 10.0. The molecule has 2 aliphatic rings. The number of hydrogen-bond acceptors (Lipinski definition) is 5. The molecule has 0 saturated carbocycles. The monoisotopic (exact) mass is 249 g/mol. The average molecular weight is 249 g/mol. The van der Waals surface area contributed by atoms with Crippen LogP contribution >= 0.6 is 0 Å². The summed E-state index contributed by atoms with van der Waals surface area (Å²) in [7, 11) is 0. The van der Waals surface area contributed by atoms with E-state index in [1.807, 2.05) is 0 Å². The second kappa shape index (κ2) is 4.20. The number of carbonyl (C=O) groups is 1. The molecular formula is C12H15N3O3. The summed E-state index contributed by atoms with van der Waals surface area (Å²) in [5.41, 5.74) is -0.0388. The van der Waals surface area contributed by atoms with Gasteiger partial charge in [0.25, 0.3) is 0 Å². The Morgan fingerprint density at radius 1 is 1.22 bits per heavy atom. The summed E-state index contributed by atoms with van der Waals surface area (Å²) in [5, 5.41) is 18.5. The van der Waals surface area contributed by atoms with Gasteiger partial charge >= 0.3 is 5.97 Å². The Morgan fingerprint density at radius 3 is 2.39 bits per heavy atom. The smallest absolute Gasteiger partial charge is 0.356 e. The van der Waals surface area contributed by atoms with Crippen LogP contribution in [0, 0.1) is 0 Å². The number of piperidine rings is 1. The minimum Gasteiger partial charge on any atom is -0.476 e. The maximum absolute atomic E-state index is 10.7. The van der Waals surface area contributed by atoms with Crippen LogP contribution in [0.25, 0.3) is 0 Å². The van der Waals surface area contributed by atoms with Crippen molar-refractivity contribution in [3.05, 3.63) is 18.1 Å². The molecule has 0 radical (unpaired) electrons. The summed E-state index contributed by atoms with van der Waals surface area (Å²) < 4.78 is 0. The van der Waals surface area contributed by atoms with Gasteiger partial charge in [0.2, 0.25) is 0 Å². The minimum atomic E-state index is -1.06. The molecular weight excluding hydrogens is 234 g/mol. The standard InChI is InChI=1S/C12H15N3O3/c16-9-3-7-1-2-8(4-9)15(7)11-6-13-10(5-14-11)12(17)18/h5-9,16H,1-4H2,(H,17,18). The van der Waals surface area contributed by atoms with Gasteiger partial charge in [-0.2, -0.15) is 0 Å². The molecule has 6 nitrogen and oxygen atoms in total. The van der Waals surface area contributed by atoms with Gasteiger partial charge < -0.3 is 15.1 Å². The molecule has 6 heteroatoms. The van der Waals surface area contributed by atoms with Crippen molar-refractivity contribution in [3.8, 4) is 0 Å². The van der Waals surface area contributed by atoms with E-state index in [9.17, 15) is 9.90 Å². The first kappa shape index (κ1) is 11.4. The summed E-state index contributed by atoms with van der Waals surface area (Å²) in [5.74, 6) is -0.342. The molecule has 0 aliphatic carbocycles. The first-order valence-corrected chi connectivity index (χ1v) is 6.17. The number of aromatic nitrogens is 2. The van der Waals surface area contributed by atoms with Crippen molar-refractivity contribution in [1.29, 1.82) is 0 Å². The van der Waals surface area contributed by atoms with Gasteiger partial charge in [-0.25, -0.2) is 14.8 Å². The fraction of sp³-hybridized carbons (Fsp3) is 0.583. The number of aliphatic hydroxyl groups excluding tert-OH is 1. The van der Waals surface area contributed by atoms with Gasteiger partial charge in [-0.05, 0) is 25.7 Å². The average Bonchev–Trinajstić information content (AvgIpc) is 2.62. The van der Waals surface area contributed by atoms with Crippen molar-refractivity contribution >= 4 is 11.8 Å². The highest BCUT2D eigenvalue weighted by Crippen LogP contribution is 2.38. The third kappa shape index (κ3) is 1.82. The molecule has 1 aromatic rings. The van der Waals surface area contributed by atoms with E-state index in [4.69, 9.17) is 5.11 Å². The largest absolute Gasteiger partial charge is 0.476 e. The summed E-state index contributed by atoms with van der Waals surface area (Å²) >= 11 is 0. The van der Waals surface area contributed by atoms with Crippen molar-refractivity contribution in [2.45, 2.75) is 43.9 Å². The molecule has 2 unspecified atom stereocenters. The fourth-order valence-electron chi connectivity index (χ4n) is 3.09. The summed E-state index contributed by atoms with van der Waals surface area (Å²) in [6.45, 7) is 0. The Labute approximate surface area is 104 Å². The molecule has 0 spiro atoms. The third-order valence-electron chi connectivity index (χ3n) is 3.83. The Hall–Kier alpha value is -1.69. The molecule has 2 fully saturated rings. The molecule has 3 rings (SSSR count). The van der Waals surface area contributed by atoms with Crippen LogP contribution in [0.2, 0.25) is 0 Å². The second-order valence-corrected chi connectivity index (χ2v) is 4.98. The molecule has 2 bridgehead atoms. The van der Waals surface area contributed by atoms with E-state index in [1.165, 1.54) is 12.4 Å². The van der Waals surface area contributed by atoms with Gasteiger partial charge in [0, 0.05) is 12.1 Å². The molecule has 2 saturated heterocycles. The first-order valence-electron chi connectivity index (χ1n) is 6.17. The summed E-state index contributed by atoms with van der Waals surface area (Å²) in [4.78, 5) is 21.0. The van der Waals surface area contributed by atoms with Crippen molar-refractivity contribution < 1.29 is 15.0 Å². The highest BCUT2D eigenvalue weighted by Gasteiger charge is 2.40. The number of aliphatic hydroxyl groups is 1. The quantitative estimate of drug-likeness (QED) is 0.801. The predicted octanol–water partition coefficient (Wildman–Crippen LogP) is 0.667. The molecule has 2 aliphatic heterocycles. The number of rotatable bonds is 2. The SMILES string of the molecule is O=C(O)c1cnc(N2C3CCC2CC(O)C3)cn1. The number of carboxylic acids is 1. The normalized spacial score (nSPS) is 30.5. The van der Waals surface area contributed by atoms with Crippen LogP contribution in [-0.4, -0.2) is 44.3 Å². The zero-order chi connectivity index (χ0) is 12.7. The Morgan fingerprint density at radius 2 is 1.89 bits per heavy atom. The highest BCUT2D eigenvalue weighted by atomic mass is 16.4. The zero-order valence-electron chi connectivity index (χ0n) is 9.86. The number of aromatic carboxylic acids is 1. The van der Waals surface area contributed by atoms with E-state index in [2.05, 4.69) is 14.9 Å². The Balaban J connectivity index is 1.85. The lowest BCUT2D eigenvalue weighted by Gasteiger charge is -2.37. The molecule has 18 heavy (non-hydrogen) atoms. The number of hydrogen-bond donors (Lipinski definition) is 2. The van der Waals surface area contributed by atoms with Crippen molar-refractivity contribution in [1.82, 2.24) is 9.97 Å². The zero-order valence-corrected chi connectivity index (χ0v) is 9.86. The van der Waals surface area contributed by atoms with E-state index < -0.39 is 5.97 Å². The lowest BCUT2D eigenvalue weighted by Crippen LogP contribution is -2.45. The molecule has 2 atom stereocenters. The van der Waals surface area contributed by atoms with Gasteiger partial charge in [-0.1, -0.05) is 0 Å². The molecule has 0 aromatic carbocycles. The second-order valence-electron chi connectivity index (χ2n) is 4.98. The summed E-state index contributed by atoms with van der Waals surface area (Å²) in [6.07, 6.45) is 6.24. The van der Waals surface area contributed by atoms with E-state index in [0.717, 1.165) is 31.5 Å². The number of anilines is 1. The van der Waals surface area contributed by atoms with E-state index in [0.29, 0.717) is 12.1 Å². The molecule has 1 aromatic heterocycles. The maximum atomic E-state index is 10.7. The van der Waals surface area contributed by atoms with Crippen LogP contribution in [0.4, 0.5) is 5.82 Å². The van der Waals surface area contributed by atoms with E-state index in [-0.39, 0.29) is 11.8 Å². The van der Waals surface area contributed by atoms with Crippen molar-refractivity contribution in [2.75, 3.05) is 4.90 Å². The fourth-order valence-corrected chi connectivity index (χ4v) is 3.09. The number of nitrogens with zero attached hydrogens (tertiary/aromatic N) is 3. The molecule has 0 amide bonds. The van der Waals surface area contributed by atoms with E-state index in [1.54, 1.807) is 0 Å². The minimum absolute atomic E-state index is 0.0388. The summed E-state index contributed by atoms with van der Waals surface area (Å²) in [6, 6.07) is 0.618. The molecule has 2 N–H and O–H groups in total. The van der Waals surface area contributed by atoms with Gasteiger partial charge in [0.1, 0.15) is 5.82 Å². The van der Waals surface area contributed by atoms with Crippen molar-refractivity contribution in [2.24, 2.45) is 0 Å². The number of fused-ring (bicyclic) bond motifs is 2. The van der Waals surface area contributed by atoms with Gasteiger partial charge in [-0.3, -0.25) is 0 Å². The predicted molar refractivity (Wildman–Crippen MR) is 63.5 cm³/mol. The first-order chi connectivity index (χ1) is 8.65. The van der Waals surface area contributed by atoms with Gasteiger partial charge in [-0.15, -0.1) is 0 Å².